The van der Waals surface area contributed by atoms with Crippen LogP contribution in [-0.2, 0) is 0 Å². The van der Waals surface area contributed by atoms with Gasteiger partial charge in [0.2, 0.25) is 11.6 Å². The summed E-state index contributed by atoms with van der Waals surface area (Å²) < 4.78 is 9.88. The Morgan fingerprint density at radius 1 is 1.25 bits per heavy atom. The van der Waals surface area contributed by atoms with Gasteiger partial charge in [0, 0.05) is 5.92 Å². The minimum atomic E-state index is -0.680. The number of hydrogen-bond donors (Lipinski definition) is 2. The third-order valence-electron chi connectivity index (χ3n) is 3.04. The van der Waals surface area contributed by atoms with Crippen molar-refractivity contribution in [1.29, 1.82) is 0 Å². The van der Waals surface area contributed by atoms with Gasteiger partial charge in [-0.25, -0.2) is 0 Å². The van der Waals surface area contributed by atoms with Crippen LogP contribution in [0.4, 0.5) is 0 Å². The summed E-state index contributed by atoms with van der Waals surface area (Å²) in [6.07, 6.45) is 0.631. The van der Waals surface area contributed by atoms with Gasteiger partial charge in [-0.1, -0.05) is 20.8 Å². The van der Waals surface area contributed by atoms with E-state index in [1.165, 1.54) is 14.2 Å². The monoisotopic (exact) mass is 283 g/mol. The van der Waals surface area contributed by atoms with E-state index >= 15 is 0 Å². The van der Waals surface area contributed by atoms with Crippen molar-refractivity contribution in [3.63, 3.8) is 0 Å². The summed E-state index contributed by atoms with van der Waals surface area (Å²) in [6, 6.07) is 0. The summed E-state index contributed by atoms with van der Waals surface area (Å²) in [5, 5.41) is 10.1. The smallest absolute Gasteiger partial charge is 0.265 e. The molecule has 0 saturated carbocycles. The minimum Gasteiger partial charge on any atom is -0.503 e. The van der Waals surface area contributed by atoms with Crippen molar-refractivity contribution in [2.75, 3.05) is 14.2 Å². The zero-order valence-electron chi connectivity index (χ0n) is 12.4. The molecule has 1 heterocycles. The Kier molecular flexibility index (Phi) is 5.19. The maximum absolute atomic E-state index is 12.3. The molecule has 0 aliphatic heterocycles. The number of aromatic nitrogens is 1. The van der Waals surface area contributed by atoms with Gasteiger partial charge < -0.3 is 14.6 Å². The van der Waals surface area contributed by atoms with E-state index < -0.39 is 17.1 Å². The van der Waals surface area contributed by atoms with Crippen LogP contribution < -0.4 is 15.0 Å². The number of methoxy groups -OCH3 is 2. The Bertz CT molecular complexity index is 547. The van der Waals surface area contributed by atoms with Gasteiger partial charge in [-0.05, 0) is 12.3 Å². The van der Waals surface area contributed by atoms with E-state index in [-0.39, 0.29) is 23.1 Å². The molecule has 0 fully saturated rings. The van der Waals surface area contributed by atoms with Crippen molar-refractivity contribution in [3.8, 4) is 17.4 Å². The second-order valence-corrected chi connectivity index (χ2v) is 5.14. The van der Waals surface area contributed by atoms with Crippen molar-refractivity contribution in [2.24, 2.45) is 11.8 Å². The molecule has 0 amide bonds. The van der Waals surface area contributed by atoms with Gasteiger partial charge in [0.25, 0.3) is 5.56 Å². The molecule has 1 rings (SSSR count). The van der Waals surface area contributed by atoms with E-state index in [0.717, 1.165) is 0 Å². The number of hydrogen-bond acceptors (Lipinski definition) is 5. The largest absolute Gasteiger partial charge is 0.503 e. The highest BCUT2D eigenvalue weighted by Crippen LogP contribution is 2.36. The molecule has 0 aliphatic carbocycles. The van der Waals surface area contributed by atoms with Gasteiger partial charge in [0.05, 0.1) is 14.2 Å². The average Bonchev–Trinajstić information content (AvgIpc) is 2.36. The van der Waals surface area contributed by atoms with Crippen molar-refractivity contribution in [3.05, 3.63) is 15.9 Å². The number of pyridine rings is 1. The molecular weight excluding hydrogens is 262 g/mol. The predicted molar refractivity (Wildman–Crippen MR) is 74.8 cm³/mol. The van der Waals surface area contributed by atoms with Crippen LogP contribution in [0.15, 0.2) is 4.79 Å². The topological polar surface area (TPSA) is 88.6 Å². The Hall–Kier alpha value is -1.98. The van der Waals surface area contributed by atoms with E-state index in [2.05, 4.69) is 4.98 Å². The number of carbonyl (C=O) groups is 1. The SMILES string of the molecule is COc1[nH]c(=O)c(C(=O)C(C)CC(C)C)c(O)c1OC. The molecule has 0 aromatic carbocycles. The lowest BCUT2D eigenvalue weighted by Crippen LogP contribution is -2.24. The molecule has 0 aliphatic rings. The number of Topliss-reactive ketones (excluding diaryl/α,β-unsaturated/α-hetero) is 1. The van der Waals surface area contributed by atoms with Crippen molar-refractivity contribution in [2.45, 2.75) is 27.2 Å². The molecule has 1 aromatic heterocycles. The molecule has 1 unspecified atom stereocenters. The molecule has 6 heteroatoms. The lowest BCUT2D eigenvalue weighted by molar-refractivity contribution is 0.0910. The number of ether oxygens (including phenoxy) is 2. The highest BCUT2D eigenvalue weighted by Gasteiger charge is 2.27. The fraction of sp³-hybridized carbons (Fsp3) is 0.571. The molecule has 0 saturated heterocycles. The van der Waals surface area contributed by atoms with Crippen LogP contribution in [0.25, 0.3) is 0 Å². The first-order valence-corrected chi connectivity index (χ1v) is 6.44. The lowest BCUT2D eigenvalue weighted by Gasteiger charge is -2.15. The van der Waals surface area contributed by atoms with Crippen LogP contribution in [0.2, 0.25) is 0 Å². The molecule has 1 atom stereocenters. The predicted octanol–water partition coefficient (Wildman–Crippen LogP) is 1.96. The summed E-state index contributed by atoms with van der Waals surface area (Å²) in [5.41, 5.74) is -0.962. The van der Waals surface area contributed by atoms with E-state index in [4.69, 9.17) is 9.47 Å². The van der Waals surface area contributed by atoms with E-state index in [9.17, 15) is 14.7 Å². The summed E-state index contributed by atoms with van der Waals surface area (Å²) in [4.78, 5) is 26.7. The summed E-state index contributed by atoms with van der Waals surface area (Å²) in [7, 11) is 2.65. The van der Waals surface area contributed by atoms with Gasteiger partial charge in [0.1, 0.15) is 5.56 Å². The van der Waals surface area contributed by atoms with Crippen molar-refractivity contribution >= 4 is 5.78 Å². The summed E-state index contributed by atoms with van der Waals surface area (Å²) >= 11 is 0. The normalized spacial score (nSPS) is 12.3. The molecule has 6 nitrogen and oxygen atoms in total. The van der Waals surface area contributed by atoms with Gasteiger partial charge in [0.15, 0.2) is 11.5 Å². The van der Waals surface area contributed by atoms with Gasteiger partial charge in [-0.3, -0.25) is 14.6 Å². The molecule has 0 bridgehead atoms. The van der Waals surface area contributed by atoms with Crippen LogP contribution in [0.3, 0.4) is 0 Å². The van der Waals surface area contributed by atoms with Gasteiger partial charge in [-0.15, -0.1) is 0 Å². The Morgan fingerprint density at radius 3 is 2.30 bits per heavy atom. The second-order valence-electron chi connectivity index (χ2n) is 5.14. The number of nitrogens with one attached hydrogen (secondary N) is 1. The van der Waals surface area contributed by atoms with Crippen LogP contribution in [0.5, 0.6) is 17.4 Å². The highest BCUT2D eigenvalue weighted by atomic mass is 16.5. The molecular formula is C14H21NO5. The fourth-order valence-electron chi connectivity index (χ4n) is 2.17. The molecule has 0 spiro atoms. The maximum Gasteiger partial charge on any atom is 0.265 e. The Labute approximate surface area is 117 Å². The van der Waals surface area contributed by atoms with Crippen LogP contribution >= 0.6 is 0 Å². The number of aromatic amines is 1. The maximum atomic E-state index is 12.3. The molecule has 20 heavy (non-hydrogen) atoms. The van der Waals surface area contributed by atoms with Crippen LogP contribution in [-0.4, -0.2) is 30.1 Å². The summed E-state index contributed by atoms with van der Waals surface area (Å²) in [5.74, 6) is -0.988. The number of rotatable bonds is 6. The van der Waals surface area contributed by atoms with E-state index in [1.807, 2.05) is 13.8 Å². The van der Waals surface area contributed by atoms with Gasteiger partial charge in [-0.2, -0.15) is 0 Å². The zero-order chi connectivity index (χ0) is 15.4. The third-order valence-corrected chi connectivity index (χ3v) is 3.04. The minimum absolute atomic E-state index is 0.0111. The number of H-pyrrole nitrogens is 1. The zero-order valence-corrected chi connectivity index (χ0v) is 12.4. The Morgan fingerprint density at radius 2 is 1.85 bits per heavy atom. The number of aromatic hydroxyl groups is 1. The first kappa shape index (κ1) is 16.1. The van der Waals surface area contributed by atoms with E-state index in [1.54, 1.807) is 6.92 Å². The first-order valence-electron chi connectivity index (χ1n) is 6.44. The third kappa shape index (κ3) is 3.12. The number of carbonyl (C=O) groups excluding carboxylic acids is 1. The molecule has 2 N–H and O–H groups in total. The Balaban J connectivity index is 3.32. The van der Waals surface area contributed by atoms with Crippen molar-refractivity contribution in [1.82, 2.24) is 4.98 Å². The summed E-state index contributed by atoms with van der Waals surface area (Å²) in [6.45, 7) is 5.71. The van der Waals surface area contributed by atoms with Crippen LogP contribution in [0.1, 0.15) is 37.6 Å². The standard InChI is InChI=1S/C14H21NO5/c1-7(2)6-8(3)10(16)9-11(17)12(19-4)14(20-5)15-13(9)18/h7-8H,6H2,1-5H3,(H2,15,17,18). The van der Waals surface area contributed by atoms with E-state index in [0.29, 0.717) is 12.3 Å². The quantitative estimate of drug-likeness (QED) is 0.779. The molecule has 112 valence electrons. The second kappa shape index (κ2) is 6.45. The first-order chi connectivity index (χ1) is 9.33. The highest BCUT2D eigenvalue weighted by molar-refractivity contribution is 6.00. The van der Waals surface area contributed by atoms with Crippen molar-refractivity contribution < 1.29 is 19.4 Å². The van der Waals surface area contributed by atoms with Gasteiger partial charge >= 0.3 is 0 Å². The molecule has 1 aromatic rings. The average molecular weight is 283 g/mol. The number of ketones is 1. The van der Waals surface area contributed by atoms with Crippen LogP contribution in [0, 0.1) is 11.8 Å². The fourth-order valence-corrected chi connectivity index (χ4v) is 2.17. The lowest BCUT2D eigenvalue weighted by atomic mass is 9.91. The molecule has 0 radical (unpaired) electrons.